The van der Waals surface area contributed by atoms with E-state index in [0.29, 0.717) is 0 Å². The smallest absolute Gasteiger partial charge is 0.320 e. The van der Waals surface area contributed by atoms with E-state index in [-0.39, 0.29) is 23.6 Å². The summed E-state index contributed by atoms with van der Waals surface area (Å²) in [6.07, 6.45) is 0. The molecule has 0 saturated heterocycles. The predicted molar refractivity (Wildman–Crippen MR) is 62.4 cm³/mol. The molecule has 0 saturated carbocycles. The number of aliphatic carboxylic acids is 1. The van der Waals surface area contributed by atoms with Crippen LogP contribution >= 0.6 is 0 Å². The monoisotopic (exact) mass is 255 g/mol. The Balaban J connectivity index is 2.67. The summed E-state index contributed by atoms with van der Waals surface area (Å²) >= 11 is 0. The van der Waals surface area contributed by atoms with Gasteiger partial charge >= 0.3 is 5.97 Å². The molecule has 1 unspecified atom stereocenters. The minimum absolute atomic E-state index is 0.0541. The van der Waals surface area contributed by atoms with Crippen LogP contribution in [0.2, 0.25) is 0 Å². The molecule has 1 atom stereocenters. The van der Waals surface area contributed by atoms with E-state index in [2.05, 4.69) is 5.32 Å². The zero-order valence-corrected chi connectivity index (χ0v) is 10.1. The van der Waals surface area contributed by atoms with Gasteiger partial charge in [-0.2, -0.15) is 0 Å². The lowest BCUT2D eigenvalue weighted by molar-refractivity contribution is -0.138. The minimum atomic E-state index is -1.05. The number of halogens is 1. The first-order valence-electron chi connectivity index (χ1n) is 5.28. The van der Waals surface area contributed by atoms with E-state index in [0.717, 1.165) is 6.07 Å². The molecule has 1 aromatic rings. The number of rotatable bonds is 6. The van der Waals surface area contributed by atoms with Crippen molar-refractivity contribution in [3.8, 4) is 5.75 Å². The van der Waals surface area contributed by atoms with Gasteiger partial charge in [-0.15, -0.1) is 0 Å². The zero-order chi connectivity index (χ0) is 13.7. The molecule has 0 heterocycles. The van der Waals surface area contributed by atoms with Crippen molar-refractivity contribution >= 4 is 11.8 Å². The van der Waals surface area contributed by atoms with Crippen LogP contribution in [0.1, 0.15) is 17.3 Å². The van der Waals surface area contributed by atoms with Gasteiger partial charge in [-0.3, -0.25) is 14.9 Å². The predicted octanol–water partition coefficient (Wildman–Crippen LogP) is 1.08. The molecule has 0 amide bonds. The summed E-state index contributed by atoms with van der Waals surface area (Å²) in [6.45, 7) is 1.25. The van der Waals surface area contributed by atoms with E-state index < -0.39 is 17.8 Å². The Hall–Kier alpha value is -1.95. The quantitative estimate of drug-likeness (QED) is 0.744. The summed E-state index contributed by atoms with van der Waals surface area (Å²) in [5.74, 6) is -2.01. The third-order valence-electron chi connectivity index (χ3n) is 2.41. The lowest BCUT2D eigenvalue weighted by Gasteiger charge is -2.09. The highest BCUT2D eigenvalue weighted by Crippen LogP contribution is 2.17. The molecular weight excluding hydrogens is 241 g/mol. The first-order valence-corrected chi connectivity index (χ1v) is 5.28. The maximum Gasteiger partial charge on any atom is 0.320 e. The largest absolute Gasteiger partial charge is 0.494 e. The normalized spacial score (nSPS) is 11.9. The standard InChI is InChI=1S/C12H14FNO4/c1-7(12(16)17)14-6-10(15)8-3-4-11(18-2)9(13)5-8/h3-5,7,14H,6H2,1-2H3,(H,16,17). The molecule has 1 aromatic carbocycles. The average Bonchev–Trinajstić information content (AvgIpc) is 2.35. The summed E-state index contributed by atoms with van der Waals surface area (Å²) in [7, 11) is 1.33. The number of hydrogen-bond donors (Lipinski definition) is 2. The number of carbonyl (C=O) groups is 2. The number of nitrogens with one attached hydrogen (secondary N) is 1. The van der Waals surface area contributed by atoms with Gasteiger partial charge in [0.2, 0.25) is 0 Å². The number of carbonyl (C=O) groups excluding carboxylic acids is 1. The van der Waals surface area contributed by atoms with E-state index in [9.17, 15) is 14.0 Å². The number of Topliss-reactive ketones (excluding diaryl/α,β-unsaturated/α-hetero) is 1. The number of carboxylic acid groups (broad SMARTS) is 1. The maximum absolute atomic E-state index is 13.3. The van der Waals surface area contributed by atoms with Crippen molar-refractivity contribution in [2.75, 3.05) is 13.7 Å². The maximum atomic E-state index is 13.3. The fourth-order valence-corrected chi connectivity index (χ4v) is 1.27. The van der Waals surface area contributed by atoms with Gasteiger partial charge in [-0.25, -0.2) is 4.39 Å². The highest BCUT2D eigenvalue weighted by Gasteiger charge is 2.14. The molecule has 6 heteroatoms. The molecule has 0 radical (unpaired) electrons. The van der Waals surface area contributed by atoms with Gasteiger partial charge in [-0.1, -0.05) is 0 Å². The Bertz CT molecular complexity index is 461. The molecule has 1 rings (SSSR count). The Morgan fingerprint density at radius 2 is 2.17 bits per heavy atom. The number of ketones is 1. The third-order valence-corrected chi connectivity index (χ3v) is 2.41. The summed E-state index contributed by atoms with van der Waals surface area (Å²) in [6, 6.07) is 3.01. The van der Waals surface area contributed by atoms with E-state index >= 15 is 0 Å². The highest BCUT2D eigenvalue weighted by molar-refractivity contribution is 5.98. The van der Waals surface area contributed by atoms with E-state index in [4.69, 9.17) is 9.84 Å². The van der Waals surface area contributed by atoms with Gasteiger partial charge < -0.3 is 9.84 Å². The van der Waals surface area contributed by atoms with Crippen molar-refractivity contribution in [1.82, 2.24) is 5.32 Å². The van der Waals surface area contributed by atoms with Gasteiger partial charge in [0, 0.05) is 5.56 Å². The molecule has 0 fully saturated rings. The second kappa shape index (κ2) is 6.11. The molecule has 0 spiro atoms. The molecule has 0 aliphatic carbocycles. The summed E-state index contributed by atoms with van der Waals surface area (Å²) in [5, 5.41) is 11.2. The third kappa shape index (κ3) is 3.53. The SMILES string of the molecule is COc1ccc(C(=O)CNC(C)C(=O)O)cc1F. The van der Waals surface area contributed by atoms with E-state index in [1.807, 2.05) is 0 Å². The summed E-state index contributed by atoms with van der Waals surface area (Å²) in [5.41, 5.74) is 0.165. The summed E-state index contributed by atoms with van der Waals surface area (Å²) in [4.78, 5) is 22.2. The van der Waals surface area contributed by atoms with Crippen LogP contribution in [0.5, 0.6) is 5.75 Å². The van der Waals surface area contributed by atoms with Crippen LogP contribution in [-0.2, 0) is 4.79 Å². The zero-order valence-electron chi connectivity index (χ0n) is 10.1. The first kappa shape index (κ1) is 14.1. The lowest BCUT2D eigenvalue weighted by atomic mass is 10.1. The van der Waals surface area contributed by atoms with Crippen molar-refractivity contribution in [2.24, 2.45) is 0 Å². The molecule has 5 nitrogen and oxygen atoms in total. The molecule has 98 valence electrons. The Morgan fingerprint density at radius 1 is 1.50 bits per heavy atom. The van der Waals surface area contributed by atoms with E-state index in [1.165, 1.54) is 26.2 Å². The molecule has 0 aliphatic heterocycles. The van der Waals surface area contributed by atoms with Crippen molar-refractivity contribution in [3.63, 3.8) is 0 Å². The van der Waals surface area contributed by atoms with Crippen molar-refractivity contribution in [1.29, 1.82) is 0 Å². The van der Waals surface area contributed by atoms with Crippen molar-refractivity contribution in [3.05, 3.63) is 29.6 Å². The molecular formula is C12H14FNO4. The van der Waals surface area contributed by atoms with Crippen LogP contribution in [0.25, 0.3) is 0 Å². The second-order valence-corrected chi connectivity index (χ2v) is 3.71. The van der Waals surface area contributed by atoms with Crippen LogP contribution in [0, 0.1) is 5.82 Å². The average molecular weight is 255 g/mol. The molecule has 18 heavy (non-hydrogen) atoms. The molecule has 2 N–H and O–H groups in total. The molecule has 0 aliphatic rings. The van der Waals surface area contributed by atoms with Crippen LogP contribution < -0.4 is 10.1 Å². The number of carboxylic acids is 1. The number of benzene rings is 1. The van der Waals surface area contributed by atoms with Gasteiger partial charge in [0.05, 0.1) is 13.7 Å². The van der Waals surface area contributed by atoms with Crippen molar-refractivity contribution < 1.29 is 23.8 Å². The van der Waals surface area contributed by atoms with Gasteiger partial charge in [0.15, 0.2) is 17.3 Å². The summed E-state index contributed by atoms with van der Waals surface area (Å²) < 4.78 is 18.1. The highest BCUT2D eigenvalue weighted by atomic mass is 19.1. The lowest BCUT2D eigenvalue weighted by Crippen LogP contribution is -2.37. The number of hydrogen-bond acceptors (Lipinski definition) is 4. The van der Waals surface area contributed by atoms with Gasteiger partial charge in [0.1, 0.15) is 6.04 Å². The minimum Gasteiger partial charge on any atom is -0.494 e. The van der Waals surface area contributed by atoms with Gasteiger partial charge in [0.25, 0.3) is 0 Å². The molecule has 0 aromatic heterocycles. The van der Waals surface area contributed by atoms with Crippen LogP contribution in [-0.4, -0.2) is 36.6 Å². The fourth-order valence-electron chi connectivity index (χ4n) is 1.27. The topological polar surface area (TPSA) is 75.6 Å². The Labute approximate surface area is 104 Å². The number of ether oxygens (including phenoxy) is 1. The van der Waals surface area contributed by atoms with Gasteiger partial charge in [-0.05, 0) is 25.1 Å². The first-order chi connectivity index (χ1) is 8.45. The van der Waals surface area contributed by atoms with Crippen molar-refractivity contribution in [2.45, 2.75) is 13.0 Å². The Morgan fingerprint density at radius 3 is 2.67 bits per heavy atom. The fraction of sp³-hybridized carbons (Fsp3) is 0.333. The Kier molecular flexibility index (Phi) is 4.79. The number of methoxy groups -OCH3 is 1. The van der Waals surface area contributed by atoms with E-state index in [1.54, 1.807) is 0 Å². The molecule has 0 bridgehead atoms. The van der Waals surface area contributed by atoms with Crippen LogP contribution in [0.15, 0.2) is 18.2 Å². The second-order valence-electron chi connectivity index (χ2n) is 3.71. The van der Waals surface area contributed by atoms with Crippen LogP contribution in [0.4, 0.5) is 4.39 Å². The van der Waals surface area contributed by atoms with Crippen LogP contribution in [0.3, 0.4) is 0 Å².